The van der Waals surface area contributed by atoms with E-state index in [2.05, 4.69) is 41.8 Å². The molecule has 112 valence electrons. The molecule has 1 heterocycles. The fourth-order valence-corrected chi connectivity index (χ4v) is 3.03. The summed E-state index contributed by atoms with van der Waals surface area (Å²) in [6, 6.07) is 20.5. The van der Waals surface area contributed by atoms with E-state index in [1.54, 1.807) is 18.4 Å². The van der Waals surface area contributed by atoms with Crippen molar-refractivity contribution in [3.8, 4) is 11.5 Å². The first kappa shape index (κ1) is 14.7. The number of thiophene rings is 1. The molecular formula is C19H18O2S. The lowest BCUT2D eigenvalue weighted by Gasteiger charge is -2.12. The van der Waals surface area contributed by atoms with Crippen molar-refractivity contribution < 1.29 is 9.47 Å². The van der Waals surface area contributed by atoms with Crippen LogP contribution >= 0.6 is 11.3 Å². The molecule has 2 nitrogen and oxygen atoms in total. The molecule has 0 saturated carbocycles. The summed E-state index contributed by atoms with van der Waals surface area (Å²) in [5.74, 6) is 1.56. The average Bonchev–Trinajstić information content (AvgIpc) is 3.07. The van der Waals surface area contributed by atoms with E-state index in [0.29, 0.717) is 6.61 Å². The topological polar surface area (TPSA) is 18.5 Å². The van der Waals surface area contributed by atoms with Crippen LogP contribution in [0.25, 0.3) is 0 Å². The molecule has 0 fully saturated rings. The minimum Gasteiger partial charge on any atom is -0.493 e. The van der Waals surface area contributed by atoms with Crippen LogP contribution in [0, 0.1) is 0 Å². The van der Waals surface area contributed by atoms with E-state index in [0.717, 1.165) is 23.5 Å². The summed E-state index contributed by atoms with van der Waals surface area (Å²) >= 11 is 1.77. The fraction of sp³-hybridized carbons (Fsp3) is 0.158. The molecule has 2 aromatic carbocycles. The third-order valence-electron chi connectivity index (χ3n) is 3.42. The SMILES string of the molecule is COc1cc(Cc2cccs2)ccc1OCc1ccccc1. The standard InChI is InChI=1S/C19H18O2S/c1-20-19-13-16(12-17-8-5-11-22-17)9-10-18(19)21-14-15-6-3-2-4-7-15/h2-11,13H,12,14H2,1H3. The van der Waals surface area contributed by atoms with E-state index in [1.165, 1.54) is 10.4 Å². The summed E-state index contributed by atoms with van der Waals surface area (Å²) < 4.78 is 11.4. The summed E-state index contributed by atoms with van der Waals surface area (Å²) in [6.07, 6.45) is 0.924. The van der Waals surface area contributed by atoms with Crippen molar-refractivity contribution in [2.24, 2.45) is 0 Å². The van der Waals surface area contributed by atoms with E-state index in [1.807, 2.05) is 24.3 Å². The second-order valence-electron chi connectivity index (χ2n) is 5.02. The molecule has 0 spiro atoms. The molecule has 0 amide bonds. The highest BCUT2D eigenvalue weighted by Crippen LogP contribution is 2.30. The fourth-order valence-electron chi connectivity index (χ4n) is 2.29. The highest BCUT2D eigenvalue weighted by molar-refractivity contribution is 7.09. The van der Waals surface area contributed by atoms with Crippen molar-refractivity contribution in [2.75, 3.05) is 7.11 Å². The number of benzene rings is 2. The van der Waals surface area contributed by atoms with Crippen LogP contribution in [0.4, 0.5) is 0 Å². The molecule has 3 heteroatoms. The van der Waals surface area contributed by atoms with Crippen molar-refractivity contribution in [2.45, 2.75) is 13.0 Å². The summed E-state index contributed by atoms with van der Waals surface area (Å²) in [7, 11) is 1.68. The number of ether oxygens (including phenoxy) is 2. The van der Waals surface area contributed by atoms with E-state index in [9.17, 15) is 0 Å². The second-order valence-corrected chi connectivity index (χ2v) is 6.05. The van der Waals surface area contributed by atoms with Gasteiger partial charge in [0.2, 0.25) is 0 Å². The van der Waals surface area contributed by atoms with Gasteiger partial charge in [0.15, 0.2) is 11.5 Å². The zero-order valence-corrected chi connectivity index (χ0v) is 13.3. The van der Waals surface area contributed by atoms with Gasteiger partial charge < -0.3 is 9.47 Å². The molecule has 0 saturated heterocycles. The Hall–Kier alpha value is -2.26. The van der Waals surface area contributed by atoms with Gasteiger partial charge >= 0.3 is 0 Å². The molecule has 3 rings (SSSR count). The normalized spacial score (nSPS) is 10.4. The van der Waals surface area contributed by atoms with Crippen LogP contribution in [-0.2, 0) is 13.0 Å². The molecule has 0 aliphatic heterocycles. The number of hydrogen-bond acceptors (Lipinski definition) is 3. The van der Waals surface area contributed by atoms with Crippen LogP contribution in [0.15, 0.2) is 66.0 Å². The van der Waals surface area contributed by atoms with Crippen LogP contribution in [-0.4, -0.2) is 7.11 Å². The zero-order chi connectivity index (χ0) is 15.2. The average molecular weight is 310 g/mol. The molecular weight excluding hydrogens is 292 g/mol. The van der Waals surface area contributed by atoms with Crippen molar-refractivity contribution in [3.05, 3.63) is 82.0 Å². The van der Waals surface area contributed by atoms with Gasteiger partial charge in [0.25, 0.3) is 0 Å². The van der Waals surface area contributed by atoms with Crippen molar-refractivity contribution >= 4 is 11.3 Å². The molecule has 0 N–H and O–H groups in total. The van der Waals surface area contributed by atoms with Crippen molar-refractivity contribution in [3.63, 3.8) is 0 Å². The first-order valence-electron chi connectivity index (χ1n) is 7.21. The van der Waals surface area contributed by atoms with Crippen molar-refractivity contribution in [1.82, 2.24) is 0 Å². The molecule has 22 heavy (non-hydrogen) atoms. The Balaban J connectivity index is 1.71. The Morgan fingerprint density at radius 3 is 2.45 bits per heavy atom. The maximum atomic E-state index is 5.88. The Morgan fingerprint density at radius 2 is 1.73 bits per heavy atom. The van der Waals surface area contributed by atoms with Gasteiger partial charge in [-0.3, -0.25) is 0 Å². The van der Waals surface area contributed by atoms with Gasteiger partial charge in [-0.2, -0.15) is 0 Å². The maximum absolute atomic E-state index is 5.88. The molecule has 0 radical (unpaired) electrons. The lowest BCUT2D eigenvalue weighted by Crippen LogP contribution is -1.98. The summed E-state index contributed by atoms with van der Waals surface area (Å²) in [4.78, 5) is 1.35. The first-order valence-corrected chi connectivity index (χ1v) is 8.09. The lowest BCUT2D eigenvalue weighted by atomic mass is 10.1. The maximum Gasteiger partial charge on any atom is 0.161 e. The van der Waals surface area contributed by atoms with Crippen LogP contribution in [0.5, 0.6) is 11.5 Å². The minimum atomic E-state index is 0.543. The van der Waals surface area contributed by atoms with Gasteiger partial charge in [0.1, 0.15) is 6.61 Å². The van der Waals surface area contributed by atoms with Gasteiger partial charge in [-0.25, -0.2) is 0 Å². The van der Waals surface area contributed by atoms with Crippen LogP contribution in [0.1, 0.15) is 16.0 Å². The van der Waals surface area contributed by atoms with Crippen LogP contribution in [0.3, 0.4) is 0 Å². The predicted molar refractivity (Wildman–Crippen MR) is 90.9 cm³/mol. The quantitative estimate of drug-likeness (QED) is 0.643. The second kappa shape index (κ2) is 7.14. The van der Waals surface area contributed by atoms with E-state index < -0.39 is 0 Å². The largest absolute Gasteiger partial charge is 0.493 e. The van der Waals surface area contributed by atoms with E-state index in [4.69, 9.17) is 9.47 Å². The van der Waals surface area contributed by atoms with Gasteiger partial charge in [-0.1, -0.05) is 42.5 Å². The molecule has 3 aromatic rings. The summed E-state index contributed by atoms with van der Waals surface area (Å²) in [6.45, 7) is 0.543. The molecule has 0 aliphatic carbocycles. The lowest BCUT2D eigenvalue weighted by molar-refractivity contribution is 0.284. The monoisotopic (exact) mass is 310 g/mol. The minimum absolute atomic E-state index is 0.543. The molecule has 0 aliphatic rings. The van der Waals surface area contributed by atoms with E-state index in [-0.39, 0.29) is 0 Å². The van der Waals surface area contributed by atoms with Gasteiger partial charge in [0.05, 0.1) is 7.11 Å². The molecule has 0 bridgehead atoms. The van der Waals surface area contributed by atoms with Gasteiger partial charge in [-0.05, 0) is 34.7 Å². The zero-order valence-electron chi connectivity index (χ0n) is 12.5. The Labute approximate surface area is 135 Å². The number of rotatable bonds is 6. The smallest absolute Gasteiger partial charge is 0.161 e. The van der Waals surface area contributed by atoms with E-state index >= 15 is 0 Å². The highest BCUT2D eigenvalue weighted by atomic mass is 32.1. The summed E-state index contributed by atoms with van der Waals surface area (Å²) in [5, 5.41) is 2.10. The van der Waals surface area contributed by atoms with Crippen LogP contribution in [0.2, 0.25) is 0 Å². The molecule has 0 unspecified atom stereocenters. The van der Waals surface area contributed by atoms with Crippen molar-refractivity contribution in [1.29, 1.82) is 0 Å². The predicted octanol–water partition coefficient (Wildman–Crippen LogP) is 4.93. The number of hydrogen-bond donors (Lipinski definition) is 0. The number of methoxy groups -OCH3 is 1. The first-order chi connectivity index (χ1) is 10.8. The van der Waals surface area contributed by atoms with Crippen LogP contribution < -0.4 is 9.47 Å². The Bertz CT molecular complexity index is 706. The van der Waals surface area contributed by atoms with Gasteiger partial charge in [0, 0.05) is 11.3 Å². The third-order valence-corrected chi connectivity index (χ3v) is 4.30. The molecule has 0 atom stereocenters. The Kier molecular flexibility index (Phi) is 4.76. The van der Waals surface area contributed by atoms with Gasteiger partial charge in [-0.15, -0.1) is 11.3 Å². The third kappa shape index (κ3) is 3.68. The Morgan fingerprint density at radius 1 is 0.864 bits per heavy atom. The highest BCUT2D eigenvalue weighted by Gasteiger charge is 2.07. The molecule has 1 aromatic heterocycles. The summed E-state index contributed by atoms with van der Waals surface area (Å²) in [5.41, 5.74) is 2.37.